The Morgan fingerprint density at radius 3 is 2.62 bits per heavy atom. The maximum atomic E-state index is 12.0. The number of hydrogen-bond acceptors (Lipinski definition) is 5. The molecule has 3 rings (SSSR count). The van der Waals surface area contributed by atoms with Crippen LogP contribution in [0, 0.1) is 0 Å². The van der Waals surface area contributed by atoms with Gasteiger partial charge in [-0.2, -0.15) is 0 Å². The van der Waals surface area contributed by atoms with Crippen LogP contribution in [0.1, 0.15) is 50.5 Å². The molecule has 0 atom stereocenters. The van der Waals surface area contributed by atoms with Gasteiger partial charge in [-0.05, 0) is 36.6 Å². The third-order valence-corrected chi connectivity index (χ3v) is 4.62. The van der Waals surface area contributed by atoms with Crippen LogP contribution in [0.2, 0.25) is 0 Å². The molecular formula is C20H25NO5. The predicted molar refractivity (Wildman–Crippen MR) is 96.8 cm³/mol. The minimum absolute atomic E-state index is 0.200. The van der Waals surface area contributed by atoms with E-state index in [1.807, 2.05) is 6.07 Å². The van der Waals surface area contributed by atoms with Gasteiger partial charge in [0.15, 0.2) is 18.1 Å². The molecule has 1 aromatic carbocycles. The highest BCUT2D eigenvalue weighted by atomic mass is 16.7. The topological polar surface area (TPSA) is 73.9 Å². The number of ether oxygens (including phenoxy) is 3. The second-order valence-corrected chi connectivity index (χ2v) is 6.66. The fourth-order valence-electron chi connectivity index (χ4n) is 3.24. The van der Waals surface area contributed by atoms with Gasteiger partial charge in [0, 0.05) is 12.1 Å². The largest absolute Gasteiger partial charge is 0.454 e. The Hall–Kier alpha value is -2.50. The normalized spacial score (nSPS) is 17.5. The van der Waals surface area contributed by atoms with Gasteiger partial charge in [0.2, 0.25) is 6.79 Å². The number of hydrogen-bond donors (Lipinski definition) is 1. The van der Waals surface area contributed by atoms with Crippen molar-refractivity contribution in [1.82, 2.24) is 5.32 Å². The van der Waals surface area contributed by atoms with Gasteiger partial charge >= 0.3 is 5.97 Å². The summed E-state index contributed by atoms with van der Waals surface area (Å²) in [7, 11) is 0. The van der Waals surface area contributed by atoms with Crippen molar-refractivity contribution in [3.05, 3.63) is 29.8 Å². The molecule has 1 amide bonds. The molecule has 0 radical (unpaired) electrons. The molecule has 140 valence electrons. The van der Waals surface area contributed by atoms with Gasteiger partial charge in [-0.1, -0.05) is 38.2 Å². The molecule has 1 aromatic rings. The number of carbonyl (C=O) groups excluding carboxylic acids is 2. The Bertz CT molecular complexity index is 662. The van der Waals surface area contributed by atoms with Crippen LogP contribution in [0.3, 0.4) is 0 Å². The van der Waals surface area contributed by atoms with Crippen molar-refractivity contribution in [1.29, 1.82) is 0 Å². The van der Waals surface area contributed by atoms with E-state index in [9.17, 15) is 9.59 Å². The van der Waals surface area contributed by atoms with Gasteiger partial charge in [-0.25, -0.2) is 4.79 Å². The number of benzene rings is 1. The molecule has 0 unspecified atom stereocenters. The van der Waals surface area contributed by atoms with E-state index in [1.165, 1.54) is 25.3 Å². The van der Waals surface area contributed by atoms with E-state index >= 15 is 0 Å². The first-order valence-corrected chi connectivity index (χ1v) is 9.24. The lowest BCUT2D eigenvalue weighted by molar-refractivity contribution is -0.144. The van der Waals surface area contributed by atoms with Gasteiger partial charge in [0.25, 0.3) is 5.91 Å². The maximum absolute atomic E-state index is 12.0. The number of amides is 1. The van der Waals surface area contributed by atoms with Gasteiger partial charge in [-0.15, -0.1) is 0 Å². The van der Waals surface area contributed by atoms with Crippen molar-refractivity contribution in [3.8, 4) is 11.5 Å². The van der Waals surface area contributed by atoms with E-state index < -0.39 is 5.97 Å². The molecule has 0 bridgehead atoms. The second kappa shape index (κ2) is 9.27. The average Bonchev–Trinajstić information content (AvgIpc) is 3.08. The molecular weight excluding hydrogens is 334 g/mol. The quantitative estimate of drug-likeness (QED) is 0.645. The number of esters is 1. The first kappa shape index (κ1) is 18.3. The van der Waals surface area contributed by atoms with Crippen LogP contribution in [0.4, 0.5) is 0 Å². The molecule has 0 saturated heterocycles. The summed E-state index contributed by atoms with van der Waals surface area (Å²) >= 11 is 0. The lowest BCUT2D eigenvalue weighted by Crippen LogP contribution is -2.37. The zero-order valence-electron chi connectivity index (χ0n) is 14.9. The summed E-state index contributed by atoms with van der Waals surface area (Å²) in [6.45, 7) is -0.0402. The summed E-state index contributed by atoms with van der Waals surface area (Å²) in [4.78, 5) is 23.8. The molecule has 2 aliphatic rings. The van der Waals surface area contributed by atoms with Crippen LogP contribution < -0.4 is 14.8 Å². The van der Waals surface area contributed by atoms with Gasteiger partial charge in [0.05, 0.1) is 0 Å². The molecule has 1 saturated carbocycles. The summed E-state index contributed by atoms with van der Waals surface area (Å²) in [5.74, 6) is 0.561. The van der Waals surface area contributed by atoms with Gasteiger partial charge < -0.3 is 19.5 Å². The highest BCUT2D eigenvalue weighted by molar-refractivity contribution is 5.89. The molecule has 1 heterocycles. The first-order chi connectivity index (χ1) is 12.7. The Morgan fingerprint density at radius 1 is 1.08 bits per heavy atom. The third-order valence-electron chi connectivity index (χ3n) is 4.62. The lowest BCUT2D eigenvalue weighted by atomic mass is 9.97. The molecule has 1 fully saturated rings. The van der Waals surface area contributed by atoms with Gasteiger partial charge in [0.1, 0.15) is 0 Å². The summed E-state index contributed by atoms with van der Waals surface area (Å²) in [5, 5.41) is 2.97. The zero-order chi connectivity index (χ0) is 18.2. The van der Waals surface area contributed by atoms with Crippen LogP contribution in [-0.2, 0) is 14.3 Å². The molecule has 1 N–H and O–H groups in total. The molecule has 1 aliphatic heterocycles. The van der Waals surface area contributed by atoms with Crippen molar-refractivity contribution < 1.29 is 23.8 Å². The van der Waals surface area contributed by atoms with Crippen molar-refractivity contribution >= 4 is 18.0 Å². The van der Waals surface area contributed by atoms with E-state index in [1.54, 1.807) is 18.2 Å². The Labute approximate surface area is 153 Å². The number of nitrogens with one attached hydrogen (secondary N) is 1. The Morgan fingerprint density at radius 2 is 1.81 bits per heavy atom. The summed E-state index contributed by atoms with van der Waals surface area (Å²) in [6.07, 6.45) is 11.0. The van der Waals surface area contributed by atoms with Crippen LogP contribution in [0.15, 0.2) is 24.3 Å². The van der Waals surface area contributed by atoms with Crippen LogP contribution >= 0.6 is 0 Å². The molecule has 6 heteroatoms. The zero-order valence-corrected chi connectivity index (χ0v) is 14.9. The minimum Gasteiger partial charge on any atom is -0.454 e. The van der Waals surface area contributed by atoms with Gasteiger partial charge in [-0.3, -0.25) is 4.79 Å². The van der Waals surface area contributed by atoms with E-state index in [4.69, 9.17) is 14.2 Å². The average molecular weight is 359 g/mol. The maximum Gasteiger partial charge on any atom is 0.331 e. The molecule has 26 heavy (non-hydrogen) atoms. The second-order valence-electron chi connectivity index (χ2n) is 6.66. The molecule has 0 aromatic heterocycles. The SMILES string of the molecule is O=C(COC(=O)C=Cc1ccc2c(c1)OCO2)NC1CCCCCCC1. The van der Waals surface area contributed by atoms with Crippen LogP contribution in [0.25, 0.3) is 6.08 Å². The Balaban J connectivity index is 1.41. The van der Waals surface area contributed by atoms with Crippen molar-refractivity contribution in [2.75, 3.05) is 13.4 Å². The molecule has 0 spiro atoms. The van der Waals surface area contributed by atoms with Crippen molar-refractivity contribution in [3.63, 3.8) is 0 Å². The molecule has 6 nitrogen and oxygen atoms in total. The van der Waals surface area contributed by atoms with E-state index in [-0.39, 0.29) is 25.3 Å². The third kappa shape index (κ3) is 5.51. The van der Waals surface area contributed by atoms with Crippen LogP contribution in [0.5, 0.6) is 11.5 Å². The fraction of sp³-hybridized carbons (Fsp3) is 0.500. The number of rotatable bonds is 5. The van der Waals surface area contributed by atoms with Crippen LogP contribution in [-0.4, -0.2) is 31.3 Å². The lowest BCUT2D eigenvalue weighted by Gasteiger charge is -2.20. The van der Waals surface area contributed by atoms with Crippen molar-refractivity contribution in [2.24, 2.45) is 0 Å². The highest BCUT2D eigenvalue weighted by Crippen LogP contribution is 2.32. The standard InChI is InChI=1S/C20H25NO5/c22-19(21-16-6-4-2-1-3-5-7-16)13-24-20(23)11-9-15-8-10-17-18(12-15)26-14-25-17/h8-12,16H,1-7,13-14H2,(H,21,22). The highest BCUT2D eigenvalue weighted by Gasteiger charge is 2.15. The summed E-state index contributed by atoms with van der Waals surface area (Å²) in [5.41, 5.74) is 0.796. The van der Waals surface area contributed by atoms with E-state index in [0.29, 0.717) is 11.5 Å². The Kier molecular flexibility index (Phi) is 6.52. The monoisotopic (exact) mass is 359 g/mol. The number of carbonyl (C=O) groups is 2. The van der Waals surface area contributed by atoms with E-state index in [0.717, 1.165) is 31.2 Å². The fourth-order valence-corrected chi connectivity index (χ4v) is 3.24. The van der Waals surface area contributed by atoms with Crippen molar-refractivity contribution in [2.45, 2.75) is 51.0 Å². The van der Waals surface area contributed by atoms with E-state index in [2.05, 4.69) is 5.32 Å². The smallest absolute Gasteiger partial charge is 0.331 e. The predicted octanol–water partition coefficient (Wildman–Crippen LogP) is 3.20. The number of fused-ring (bicyclic) bond motifs is 1. The first-order valence-electron chi connectivity index (χ1n) is 9.24. The molecule has 1 aliphatic carbocycles. The summed E-state index contributed by atoms with van der Waals surface area (Å²) < 4.78 is 15.5. The summed E-state index contributed by atoms with van der Waals surface area (Å²) in [6, 6.07) is 5.59. The minimum atomic E-state index is -0.546.